The van der Waals surface area contributed by atoms with E-state index >= 15 is 0 Å². The van der Waals surface area contributed by atoms with Crippen molar-refractivity contribution in [3.8, 4) is 0 Å². The van der Waals surface area contributed by atoms with E-state index in [1.807, 2.05) is 5.32 Å². The van der Waals surface area contributed by atoms with Crippen LogP contribution in [-0.4, -0.2) is 37.7 Å². The molecule has 0 aromatic heterocycles. The van der Waals surface area contributed by atoms with Crippen molar-refractivity contribution in [2.24, 2.45) is 0 Å². The Hall–Kier alpha value is -1.40. The molecule has 9 nitrogen and oxygen atoms in total. The van der Waals surface area contributed by atoms with Gasteiger partial charge >= 0.3 is 0 Å². The monoisotopic (exact) mass is 344 g/mol. The number of carbonyl (C=O) groups is 1. The summed E-state index contributed by atoms with van der Waals surface area (Å²) in [4.78, 5) is 9.49. The number of hydrogen-bond acceptors (Lipinski definition) is 6. The fraction of sp³-hybridized carbons (Fsp3) is 0.125. The number of hydrogen-bond donors (Lipinski definition) is 4. The van der Waals surface area contributed by atoms with Crippen molar-refractivity contribution in [3.05, 3.63) is 12.1 Å². The highest BCUT2D eigenvalue weighted by Crippen LogP contribution is 2.30. The minimum absolute atomic E-state index is 0.545. The fourth-order valence-corrected chi connectivity index (χ4v) is 2.65. The van der Waals surface area contributed by atoms with Gasteiger partial charge in [-0.1, -0.05) is 0 Å². The van der Waals surface area contributed by atoms with Crippen LogP contribution in [0.15, 0.2) is 21.9 Å². The minimum atomic E-state index is -4.79. The van der Waals surface area contributed by atoms with Gasteiger partial charge in [-0.05, 0) is 12.1 Å². The van der Waals surface area contributed by atoms with Gasteiger partial charge in [-0.2, -0.15) is 16.8 Å². The molecule has 20 heavy (non-hydrogen) atoms. The van der Waals surface area contributed by atoms with Crippen molar-refractivity contribution in [2.75, 3.05) is 16.9 Å². The van der Waals surface area contributed by atoms with E-state index in [-0.39, 0.29) is 0 Å². The molecule has 1 aromatic carbocycles. The third-order valence-corrected chi connectivity index (χ3v) is 4.11. The van der Waals surface area contributed by atoms with Crippen LogP contribution >= 0.6 is 11.6 Å². The summed E-state index contributed by atoms with van der Waals surface area (Å²) in [6, 6.07) is 1.18. The summed E-state index contributed by atoms with van der Waals surface area (Å²) in [6.45, 7) is 0. The van der Waals surface area contributed by atoms with Crippen molar-refractivity contribution in [1.29, 1.82) is 0 Å². The summed E-state index contributed by atoms with van der Waals surface area (Å²) < 4.78 is 62.3. The molecule has 0 unspecified atom stereocenters. The molecule has 0 fully saturated rings. The van der Waals surface area contributed by atoms with Crippen LogP contribution < -0.4 is 11.1 Å². The van der Waals surface area contributed by atoms with Gasteiger partial charge in [-0.25, -0.2) is 0 Å². The van der Waals surface area contributed by atoms with Crippen LogP contribution in [-0.2, 0) is 25.0 Å². The molecule has 0 saturated carbocycles. The molecule has 1 amide bonds. The number of carbonyl (C=O) groups excluding carboxylic acids is 1. The summed E-state index contributed by atoms with van der Waals surface area (Å²) in [5.41, 5.74) is 4.08. The topological polar surface area (TPSA) is 164 Å². The lowest BCUT2D eigenvalue weighted by Crippen LogP contribution is -2.17. The Labute approximate surface area is 119 Å². The number of nitrogen functional groups attached to an aromatic ring is 1. The van der Waals surface area contributed by atoms with Crippen molar-refractivity contribution < 1.29 is 30.7 Å². The molecule has 0 aliphatic heterocycles. The van der Waals surface area contributed by atoms with Gasteiger partial charge in [0.25, 0.3) is 20.2 Å². The summed E-state index contributed by atoms with van der Waals surface area (Å²) >= 11 is 5.21. The molecule has 0 saturated heterocycles. The van der Waals surface area contributed by atoms with Crippen LogP contribution in [0.25, 0.3) is 0 Å². The average molecular weight is 345 g/mol. The van der Waals surface area contributed by atoms with Crippen LogP contribution in [0.5, 0.6) is 0 Å². The maximum atomic E-state index is 11.1. The SMILES string of the molecule is Nc1cc(S(=O)(=O)O)c(NC(=O)CCl)cc1S(=O)(=O)O. The first-order valence-corrected chi connectivity index (χ1v) is 8.12. The quantitative estimate of drug-likeness (QED) is 0.335. The first-order chi connectivity index (χ1) is 8.96. The molecule has 0 heterocycles. The van der Waals surface area contributed by atoms with E-state index in [2.05, 4.69) is 0 Å². The van der Waals surface area contributed by atoms with Gasteiger partial charge in [-0.15, -0.1) is 11.6 Å². The maximum absolute atomic E-state index is 11.1. The highest BCUT2D eigenvalue weighted by Gasteiger charge is 2.23. The Bertz CT molecular complexity index is 757. The zero-order chi connectivity index (χ0) is 15.7. The van der Waals surface area contributed by atoms with Crippen molar-refractivity contribution in [2.45, 2.75) is 9.79 Å². The molecule has 5 N–H and O–H groups in total. The normalized spacial score (nSPS) is 12.2. The molecule has 1 aromatic rings. The highest BCUT2D eigenvalue weighted by atomic mass is 35.5. The Morgan fingerprint density at radius 2 is 1.65 bits per heavy atom. The molecule has 12 heteroatoms. The van der Waals surface area contributed by atoms with Gasteiger partial charge in [0, 0.05) is 0 Å². The van der Waals surface area contributed by atoms with Crippen molar-refractivity contribution >= 4 is 49.1 Å². The van der Waals surface area contributed by atoms with E-state index in [0.717, 1.165) is 0 Å². The average Bonchev–Trinajstić information content (AvgIpc) is 2.27. The molecule has 0 bridgehead atoms. The molecule has 0 spiro atoms. The second-order valence-corrected chi connectivity index (χ2v) is 6.57. The first kappa shape index (κ1) is 16.7. The number of amides is 1. The predicted molar refractivity (Wildman–Crippen MR) is 69.8 cm³/mol. The molecular weight excluding hydrogens is 336 g/mol. The summed E-state index contributed by atoms with van der Waals surface area (Å²) in [7, 11) is -9.53. The number of nitrogens with two attached hydrogens (primary N) is 1. The van der Waals surface area contributed by atoms with Crippen LogP contribution in [0.3, 0.4) is 0 Å². The zero-order valence-corrected chi connectivity index (χ0v) is 12.0. The van der Waals surface area contributed by atoms with Crippen molar-refractivity contribution in [1.82, 2.24) is 0 Å². The second-order valence-electron chi connectivity index (χ2n) is 3.52. The van der Waals surface area contributed by atoms with E-state index in [9.17, 15) is 21.6 Å². The number of rotatable bonds is 4. The summed E-state index contributed by atoms with van der Waals surface area (Å²) in [5.74, 6) is -1.40. The van der Waals surface area contributed by atoms with E-state index in [1.165, 1.54) is 0 Å². The Kier molecular flexibility index (Phi) is 4.61. The number of benzene rings is 1. The number of anilines is 2. The minimum Gasteiger partial charge on any atom is -0.398 e. The van der Waals surface area contributed by atoms with E-state index in [1.54, 1.807) is 0 Å². The maximum Gasteiger partial charge on any atom is 0.296 e. The lowest BCUT2D eigenvalue weighted by Gasteiger charge is -2.11. The van der Waals surface area contributed by atoms with Crippen molar-refractivity contribution in [3.63, 3.8) is 0 Å². The Morgan fingerprint density at radius 3 is 2.05 bits per heavy atom. The molecular formula is C8H9ClN2O7S2. The molecule has 0 atom stereocenters. The van der Waals surface area contributed by atoms with E-state index in [0.29, 0.717) is 12.1 Å². The Morgan fingerprint density at radius 1 is 1.15 bits per heavy atom. The largest absolute Gasteiger partial charge is 0.398 e. The Balaban J connectivity index is 3.63. The van der Waals surface area contributed by atoms with Crippen LogP contribution in [0, 0.1) is 0 Å². The van der Waals surface area contributed by atoms with Gasteiger partial charge in [0.05, 0.1) is 11.4 Å². The van der Waals surface area contributed by atoms with Crippen LogP contribution in [0.4, 0.5) is 11.4 Å². The van der Waals surface area contributed by atoms with Gasteiger partial charge in [0.15, 0.2) is 0 Å². The number of halogens is 1. The van der Waals surface area contributed by atoms with E-state index < -0.39 is 53.2 Å². The number of nitrogens with one attached hydrogen (secondary N) is 1. The predicted octanol–water partition coefficient (Wildman–Crippen LogP) is -0.0605. The lowest BCUT2D eigenvalue weighted by molar-refractivity contribution is -0.113. The smallest absolute Gasteiger partial charge is 0.296 e. The van der Waals surface area contributed by atoms with E-state index in [4.69, 9.17) is 26.4 Å². The molecule has 112 valence electrons. The third kappa shape index (κ3) is 3.80. The summed E-state index contributed by atoms with van der Waals surface area (Å²) in [6.07, 6.45) is 0. The zero-order valence-electron chi connectivity index (χ0n) is 9.57. The van der Waals surface area contributed by atoms with Gasteiger partial charge in [-0.3, -0.25) is 13.9 Å². The van der Waals surface area contributed by atoms with Crippen LogP contribution in [0.2, 0.25) is 0 Å². The number of alkyl halides is 1. The second kappa shape index (κ2) is 5.54. The third-order valence-electron chi connectivity index (χ3n) is 2.06. The fourth-order valence-electron chi connectivity index (χ4n) is 1.29. The van der Waals surface area contributed by atoms with Gasteiger partial charge in [0.2, 0.25) is 5.91 Å². The molecule has 0 radical (unpaired) electrons. The molecule has 0 aliphatic carbocycles. The first-order valence-electron chi connectivity index (χ1n) is 4.71. The highest BCUT2D eigenvalue weighted by molar-refractivity contribution is 7.86. The standard InChI is InChI=1S/C8H9ClN2O7S2/c9-3-8(12)11-5-2-6(19(13,14)15)4(10)1-7(5)20(16,17)18/h1-2H,3,10H2,(H,11,12)(H,13,14,15)(H,16,17,18). The van der Waals surface area contributed by atoms with Gasteiger partial charge < -0.3 is 11.1 Å². The molecule has 0 aliphatic rings. The lowest BCUT2D eigenvalue weighted by atomic mass is 10.3. The van der Waals surface area contributed by atoms with Crippen LogP contribution in [0.1, 0.15) is 0 Å². The van der Waals surface area contributed by atoms with Gasteiger partial charge in [0.1, 0.15) is 15.7 Å². The summed E-state index contributed by atoms with van der Waals surface area (Å²) in [5, 5.41) is 1.97. The molecule has 1 rings (SSSR count).